The number of hydrogen-bond acceptors (Lipinski definition) is 8. The fourth-order valence-corrected chi connectivity index (χ4v) is 4.14. The highest BCUT2D eigenvalue weighted by atomic mass is 32.1. The van der Waals surface area contributed by atoms with Gasteiger partial charge in [-0.05, 0) is 18.9 Å². The van der Waals surface area contributed by atoms with Gasteiger partial charge in [0.2, 0.25) is 11.1 Å². The standard InChI is InChI=1S/C15H20N6OS/c1-20(13-16-5-3-6-17-13)12-8-15(22-9-12)4-2-7-21(10-15)14-19-18-11-23-14/h3,5-6,11-12H,2,4,7-10H2,1H3. The van der Waals surface area contributed by atoms with Crippen LogP contribution in [0.3, 0.4) is 0 Å². The van der Waals surface area contributed by atoms with Crippen molar-refractivity contribution in [3.8, 4) is 0 Å². The summed E-state index contributed by atoms with van der Waals surface area (Å²) in [4.78, 5) is 13.1. The van der Waals surface area contributed by atoms with Gasteiger partial charge in [0.25, 0.3) is 0 Å². The second-order valence-electron chi connectivity index (χ2n) is 6.26. The molecule has 4 rings (SSSR count). The third-order valence-electron chi connectivity index (χ3n) is 4.76. The predicted octanol–water partition coefficient (Wildman–Crippen LogP) is 1.59. The minimum absolute atomic E-state index is 0.0857. The Balaban J connectivity index is 1.46. The quantitative estimate of drug-likeness (QED) is 0.845. The Hall–Kier alpha value is -1.80. The molecule has 0 amide bonds. The fraction of sp³-hybridized carbons (Fsp3) is 0.600. The summed E-state index contributed by atoms with van der Waals surface area (Å²) in [7, 11) is 2.05. The number of anilines is 2. The molecule has 23 heavy (non-hydrogen) atoms. The second-order valence-corrected chi connectivity index (χ2v) is 7.07. The lowest BCUT2D eigenvalue weighted by Crippen LogP contribution is -2.48. The summed E-state index contributed by atoms with van der Waals surface area (Å²) in [6, 6.07) is 2.15. The van der Waals surface area contributed by atoms with Crippen LogP contribution in [-0.2, 0) is 4.74 Å². The van der Waals surface area contributed by atoms with Crippen molar-refractivity contribution in [3.05, 3.63) is 24.0 Å². The van der Waals surface area contributed by atoms with Crippen molar-refractivity contribution in [3.63, 3.8) is 0 Å². The van der Waals surface area contributed by atoms with Gasteiger partial charge in [0.15, 0.2) is 0 Å². The maximum atomic E-state index is 6.28. The number of aromatic nitrogens is 4. The molecule has 2 aromatic rings. The number of rotatable bonds is 3. The van der Waals surface area contributed by atoms with Gasteiger partial charge >= 0.3 is 0 Å². The van der Waals surface area contributed by atoms with Gasteiger partial charge in [0.05, 0.1) is 18.2 Å². The summed E-state index contributed by atoms with van der Waals surface area (Å²) in [6.07, 6.45) is 6.78. The molecule has 122 valence electrons. The summed E-state index contributed by atoms with van der Waals surface area (Å²) in [6.45, 7) is 2.64. The first-order valence-corrected chi connectivity index (χ1v) is 8.79. The largest absolute Gasteiger partial charge is 0.371 e. The van der Waals surface area contributed by atoms with E-state index in [0.717, 1.165) is 50.0 Å². The SMILES string of the molecule is CN(c1ncccn1)C1COC2(CCCN(c3nncs3)C2)C1. The predicted molar refractivity (Wildman–Crippen MR) is 88.9 cm³/mol. The summed E-state index contributed by atoms with van der Waals surface area (Å²) in [5.41, 5.74) is 1.70. The van der Waals surface area contributed by atoms with E-state index >= 15 is 0 Å². The lowest BCUT2D eigenvalue weighted by Gasteiger charge is -2.39. The molecule has 2 aliphatic heterocycles. The zero-order valence-corrected chi connectivity index (χ0v) is 13.9. The molecule has 2 aliphatic rings. The average Bonchev–Trinajstić information content (AvgIpc) is 3.26. The van der Waals surface area contributed by atoms with Crippen molar-refractivity contribution in [2.75, 3.05) is 36.5 Å². The highest BCUT2D eigenvalue weighted by Crippen LogP contribution is 2.38. The van der Waals surface area contributed by atoms with Crippen LogP contribution in [0.2, 0.25) is 0 Å². The van der Waals surface area contributed by atoms with Crippen molar-refractivity contribution in [1.29, 1.82) is 0 Å². The van der Waals surface area contributed by atoms with Crippen molar-refractivity contribution in [1.82, 2.24) is 20.2 Å². The molecule has 0 saturated carbocycles. The highest BCUT2D eigenvalue weighted by Gasteiger charge is 2.45. The summed E-state index contributed by atoms with van der Waals surface area (Å²) in [5, 5.41) is 9.16. The van der Waals surface area contributed by atoms with Gasteiger partial charge in [0.1, 0.15) is 5.51 Å². The first kappa shape index (κ1) is 14.8. The Morgan fingerprint density at radius 2 is 2.26 bits per heavy atom. The van der Waals surface area contributed by atoms with E-state index in [4.69, 9.17) is 4.74 Å². The topological polar surface area (TPSA) is 67.3 Å². The summed E-state index contributed by atoms with van der Waals surface area (Å²) >= 11 is 1.59. The molecule has 7 nitrogen and oxygen atoms in total. The Morgan fingerprint density at radius 1 is 1.39 bits per heavy atom. The third-order valence-corrected chi connectivity index (χ3v) is 5.51. The Labute approximate surface area is 139 Å². The molecule has 2 atom stereocenters. The molecule has 0 aromatic carbocycles. The second kappa shape index (κ2) is 6.01. The number of likely N-dealkylation sites (N-methyl/N-ethyl adjacent to an activating group) is 1. The minimum atomic E-state index is -0.0857. The van der Waals surface area contributed by atoms with Crippen LogP contribution in [0.25, 0.3) is 0 Å². The van der Waals surface area contributed by atoms with Gasteiger partial charge in [0, 0.05) is 39.0 Å². The van der Waals surface area contributed by atoms with Gasteiger partial charge in [-0.1, -0.05) is 11.3 Å². The van der Waals surface area contributed by atoms with Crippen LogP contribution >= 0.6 is 11.3 Å². The molecule has 0 bridgehead atoms. The molecule has 0 radical (unpaired) electrons. The van der Waals surface area contributed by atoms with E-state index in [-0.39, 0.29) is 5.60 Å². The van der Waals surface area contributed by atoms with Crippen molar-refractivity contribution in [2.24, 2.45) is 0 Å². The van der Waals surface area contributed by atoms with E-state index in [9.17, 15) is 0 Å². The van der Waals surface area contributed by atoms with Crippen LogP contribution in [0.5, 0.6) is 0 Å². The maximum absolute atomic E-state index is 6.28. The Kier molecular flexibility index (Phi) is 3.86. The third kappa shape index (κ3) is 2.88. The van der Waals surface area contributed by atoms with Crippen molar-refractivity contribution >= 4 is 22.4 Å². The van der Waals surface area contributed by atoms with E-state index < -0.39 is 0 Å². The first-order valence-electron chi connectivity index (χ1n) is 7.91. The normalized spacial score (nSPS) is 27.5. The number of ether oxygens (including phenoxy) is 1. The molecule has 2 saturated heterocycles. The fourth-order valence-electron chi connectivity index (χ4n) is 3.56. The number of piperidine rings is 1. The van der Waals surface area contributed by atoms with E-state index in [1.54, 1.807) is 29.2 Å². The van der Waals surface area contributed by atoms with Crippen LogP contribution < -0.4 is 9.80 Å². The van der Waals surface area contributed by atoms with Crippen LogP contribution in [0.15, 0.2) is 24.0 Å². The minimum Gasteiger partial charge on any atom is -0.371 e. The molecule has 2 aromatic heterocycles. The van der Waals surface area contributed by atoms with Crippen LogP contribution in [0.4, 0.5) is 11.1 Å². The molecule has 2 fully saturated rings. The smallest absolute Gasteiger partial charge is 0.225 e. The molecular formula is C15H20N6OS. The monoisotopic (exact) mass is 332 g/mol. The van der Waals surface area contributed by atoms with Crippen molar-refractivity contribution in [2.45, 2.75) is 30.9 Å². The van der Waals surface area contributed by atoms with Gasteiger partial charge in [-0.3, -0.25) is 0 Å². The average molecular weight is 332 g/mol. The van der Waals surface area contributed by atoms with Crippen LogP contribution in [-0.4, -0.2) is 58.6 Å². The Bertz CT molecular complexity index is 639. The highest BCUT2D eigenvalue weighted by molar-refractivity contribution is 7.13. The lowest BCUT2D eigenvalue weighted by molar-refractivity contribution is -0.00649. The van der Waals surface area contributed by atoms with Crippen molar-refractivity contribution < 1.29 is 4.74 Å². The molecule has 0 N–H and O–H groups in total. The van der Waals surface area contributed by atoms with Crippen LogP contribution in [0, 0.1) is 0 Å². The summed E-state index contributed by atoms with van der Waals surface area (Å²) < 4.78 is 6.28. The number of nitrogens with zero attached hydrogens (tertiary/aromatic N) is 6. The molecule has 0 aliphatic carbocycles. The summed E-state index contributed by atoms with van der Waals surface area (Å²) in [5.74, 6) is 0.759. The Morgan fingerprint density at radius 3 is 3.04 bits per heavy atom. The van der Waals surface area contributed by atoms with Gasteiger partial charge in [-0.2, -0.15) is 0 Å². The lowest BCUT2D eigenvalue weighted by atomic mass is 9.88. The van der Waals surface area contributed by atoms with E-state index in [0.29, 0.717) is 6.04 Å². The van der Waals surface area contributed by atoms with Gasteiger partial charge in [-0.25, -0.2) is 9.97 Å². The van der Waals surface area contributed by atoms with E-state index in [2.05, 4.69) is 30.0 Å². The molecule has 2 unspecified atom stereocenters. The number of hydrogen-bond donors (Lipinski definition) is 0. The van der Waals surface area contributed by atoms with E-state index in [1.807, 2.05) is 13.1 Å². The van der Waals surface area contributed by atoms with Crippen LogP contribution in [0.1, 0.15) is 19.3 Å². The van der Waals surface area contributed by atoms with Gasteiger partial charge < -0.3 is 14.5 Å². The van der Waals surface area contributed by atoms with Gasteiger partial charge in [-0.15, -0.1) is 10.2 Å². The zero-order valence-electron chi connectivity index (χ0n) is 13.1. The maximum Gasteiger partial charge on any atom is 0.225 e. The molecule has 8 heteroatoms. The zero-order chi connectivity index (χ0) is 15.7. The van der Waals surface area contributed by atoms with E-state index in [1.165, 1.54) is 0 Å². The molecule has 4 heterocycles. The first-order chi connectivity index (χ1) is 11.3. The molecular weight excluding hydrogens is 312 g/mol. The molecule has 1 spiro atoms.